The molecular weight excluding hydrogens is 570 g/mol. The van der Waals surface area contributed by atoms with Gasteiger partial charge in [-0.2, -0.15) is 4.98 Å². The maximum atomic E-state index is 14.7. The van der Waals surface area contributed by atoms with E-state index in [4.69, 9.17) is 9.97 Å². The van der Waals surface area contributed by atoms with Gasteiger partial charge in [0.2, 0.25) is 17.8 Å². The minimum absolute atomic E-state index is 0.0478. The van der Waals surface area contributed by atoms with E-state index in [9.17, 15) is 23.8 Å². The van der Waals surface area contributed by atoms with Gasteiger partial charge in [0.1, 0.15) is 17.2 Å². The van der Waals surface area contributed by atoms with Crippen LogP contribution >= 0.6 is 0 Å². The number of aliphatic hydroxyl groups is 2. The van der Waals surface area contributed by atoms with Crippen molar-refractivity contribution in [3.63, 3.8) is 0 Å². The zero-order valence-electron chi connectivity index (χ0n) is 25.6. The number of benzene rings is 1. The lowest BCUT2D eigenvalue weighted by Gasteiger charge is -2.33. The fourth-order valence-electron chi connectivity index (χ4n) is 6.35. The molecule has 4 N–H and O–H groups in total. The first-order valence-corrected chi connectivity index (χ1v) is 15.8. The van der Waals surface area contributed by atoms with Crippen molar-refractivity contribution in [1.29, 1.82) is 0 Å². The minimum atomic E-state index is -0.727. The summed E-state index contributed by atoms with van der Waals surface area (Å²) in [7, 11) is 1.93. The van der Waals surface area contributed by atoms with E-state index in [1.807, 2.05) is 28.3 Å². The molecule has 2 saturated carbocycles. The van der Waals surface area contributed by atoms with Gasteiger partial charge in [0, 0.05) is 50.2 Å². The summed E-state index contributed by atoms with van der Waals surface area (Å²) in [5.74, 6) is -0.485. The van der Waals surface area contributed by atoms with Crippen molar-refractivity contribution in [2.75, 3.05) is 50.5 Å². The minimum Gasteiger partial charge on any atom is -0.395 e. The van der Waals surface area contributed by atoms with Gasteiger partial charge in [-0.15, -0.1) is 0 Å². The van der Waals surface area contributed by atoms with Crippen molar-refractivity contribution in [3.05, 3.63) is 36.0 Å². The zero-order chi connectivity index (χ0) is 31.2. The Morgan fingerprint density at radius 3 is 2.48 bits per heavy atom. The second-order valence-corrected chi connectivity index (χ2v) is 12.1. The highest BCUT2D eigenvalue weighted by Crippen LogP contribution is 2.38. The number of halogens is 2. The van der Waals surface area contributed by atoms with Crippen LogP contribution in [-0.2, 0) is 4.79 Å². The Morgan fingerprint density at radius 2 is 1.80 bits per heavy atom. The number of carbonyl (C=O) groups excluding carboxylic acids is 1. The summed E-state index contributed by atoms with van der Waals surface area (Å²) in [5.41, 5.74) is 1.24. The molecule has 2 aliphatic carbocycles. The summed E-state index contributed by atoms with van der Waals surface area (Å²) in [6.45, 7) is 4.58. The van der Waals surface area contributed by atoms with Crippen LogP contribution < -0.4 is 10.6 Å². The lowest BCUT2D eigenvalue weighted by molar-refractivity contribution is -0.136. The van der Waals surface area contributed by atoms with Gasteiger partial charge in [0.05, 0.1) is 24.6 Å². The summed E-state index contributed by atoms with van der Waals surface area (Å²) in [6, 6.07) is 3.48. The first-order chi connectivity index (χ1) is 21.2. The smallest absolute Gasteiger partial charge is 0.225 e. The van der Waals surface area contributed by atoms with E-state index in [2.05, 4.69) is 15.6 Å². The zero-order valence-corrected chi connectivity index (χ0v) is 25.6. The SMILES string of the molecule is CCN(CCN(C)CCO)C(=O)C1CCC(n2c(Nc3ccc(F)cc3F)nc3cnc(NC4CCC(O)CC4)nc32)CC1. The first-order valence-electron chi connectivity index (χ1n) is 15.8. The number of nitrogens with one attached hydrogen (secondary N) is 2. The Hall–Kier alpha value is -3.42. The molecule has 2 aromatic heterocycles. The number of aliphatic hydroxyl groups excluding tert-OH is 2. The van der Waals surface area contributed by atoms with Crippen LogP contribution in [0.25, 0.3) is 11.2 Å². The van der Waals surface area contributed by atoms with Crippen molar-refractivity contribution in [2.45, 2.75) is 76.5 Å². The van der Waals surface area contributed by atoms with Crippen molar-refractivity contribution in [2.24, 2.45) is 5.92 Å². The molecule has 5 rings (SSSR count). The van der Waals surface area contributed by atoms with Crippen LogP contribution in [0.3, 0.4) is 0 Å². The second kappa shape index (κ2) is 14.6. The maximum absolute atomic E-state index is 14.7. The monoisotopic (exact) mass is 614 g/mol. The van der Waals surface area contributed by atoms with Crippen LogP contribution in [0.4, 0.5) is 26.4 Å². The molecule has 1 aromatic carbocycles. The second-order valence-electron chi connectivity index (χ2n) is 12.1. The molecule has 0 atom stereocenters. The number of rotatable bonds is 12. The highest BCUT2D eigenvalue weighted by molar-refractivity contribution is 5.79. The molecule has 11 nitrogen and oxygen atoms in total. The van der Waals surface area contributed by atoms with E-state index in [1.165, 1.54) is 12.1 Å². The standard InChI is InChI=1S/C31H44F2N8O3/c1-3-40(15-14-39(2)16-17-42)29(44)20-4-9-23(10-5-20)41-28-27(37-31(41)36-26-13-6-21(32)18-25(26)33)19-34-30(38-28)35-22-7-11-24(43)12-8-22/h6,13,18-20,22-24,42-43H,3-5,7-12,14-17H2,1-2H3,(H,36,37)(H,34,35,38). The number of carbonyl (C=O) groups is 1. The van der Waals surface area contributed by atoms with E-state index in [1.54, 1.807) is 6.20 Å². The van der Waals surface area contributed by atoms with Crippen LogP contribution in [-0.4, -0.2) is 97.4 Å². The molecule has 0 spiro atoms. The normalized spacial score (nSPS) is 22.3. The lowest BCUT2D eigenvalue weighted by atomic mass is 9.85. The lowest BCUT2D eigenvalue weighted by Crippen LogP contribution is -2.42. The largest absolute Gasteiger partial charge is 0.395 e. The average molecular weight is 615 g/mol. The maximum Gasteiger partial charge on any atom is 0.225 e. The molecule has 0 bridgehead atoms. The Morgan fingerprint density at radius 1 is 1.05 bits per heavy atom. The third-order valence-corrected chi connectivity index (χ3v) is 8.98. The molecular formula is C31H44F2N8O3. The van der Waals surface area contributed by atoms with Gasteiger partial charge >= 0.3 is 0 Å². The molecule has 0 saturated heterocycles. The Balaban J connectivity index is 1.36. The molecule has 0 radical (unpaired) electrons. The molecule has 2 heterocycles. The van der Waals surface area contributed by atoms with E-state index < -0.39 is 11.6 Å². The quantitative estimate of drug-likeness (QED) is 0.238. The average Bonchev–Trinajstić information content (AvgIpc) is 3.37. The Labute approximate surface area is 256 Å². The number of hydrogen-bond acceptors (Lipinski definition) is 9. The molecule has 13 heteroatoms. The number of amides is 1. The predicted octanol–water partition coefficient (Wildman–Crippen LogP) is 4.07. The van der Waals surface area contributed by atoms with Crippen molar-refractivity contribution in [3.8, 4) is 0 Å². The van der Waals surface area contributed by atoms with Crippen LogP contribution in [0.2, 0.25) is 0 Å². The number of likely N-dealkylation sites (N-methyl/N-ethyl adjacent to an activating group) is 2. The van der Waals surface area contributed by atoms with Crippen molar-refractivity contribution < 1.29 is 23.8 Å². The van der Waals surface area contributed by atoms with Gasteiger partial charge in [-0.3, -0.25) is 9.36 Å². The highest BCUT2D eigenvalue weighted by atomic mass is 19.1. The molecule has 1 amide bonds. The van der Waals surface area contributed by atoms with Gasteiger partial charge in [-0.25, -0.2) is 18.7 Å². The number of hydrogen-bond donors (Lipinski definition) is 4. The summed E-state index contributed by atoms with van der Waals surface area (Å²) in [6.07, 6.45) is 7.28. The number of imidazole rings is 1. The van der Waals surface area contributed by atoms with Gasteiger partial charge in [-0.05, 0) is 77.5 Å². The molecule has 0 unspecified atom stereocenters. The third kappa shape index (κ3) is 7.62. The molecule has 44 heavy (non-hydrogen) atoms. The van der Waals surface area contributed by atoms with Gasteiger partial charge in [0.15, 0.2) is 5.65 Å². The molecule has 240 valence electrons. The number of anilines is 3. The summed E-state index contributed by atoms with van der Waals surface area (Å²) in [4.78, 5) is 31.4. The van der Waals surface area contributed by atoms with Gasteiger partial charge in [0.25, 0.3) is 0 Å². The van der Waals surface area contributed by atoms with Gasteiger partial charge < -0.3 is 30.6 Å². The van der Waals surface area contributed by atoms with Crippen LogP contribution in [0.1, 0.15) is 64.3 Å². The van der Waals surface area contributed by atoms with E-state index in [-0.39, 0.29) is 42.3 Å². The first kappa shape index (κ1) is 32.0. The van der Waals surface area contributed by atoms with Crippen LogP contribution in [0.5, 0.6) is 0 Å². The summed E-state index contributed by atoms with van der Waals surface area (Å²) < 4.78 is 30.3. The topological polar surface area (TPSA) is 132 Å². The van der Waals surface area contributed by atoms with Crippen LogP contribution in [0, 0.1) is 17.6 Å². The Kier molecular flexibility index (Phi) is 10.6. The predicted molar refractivity (Wildman–Crippen MR) is 165 cm³/mol. The number of fused-ring (bicyclic) bond motifs is 1. The summed E-state index contributed by atoms with van der Waals surface area (Å²) >= 11 is 0. The fraction of sp³-hybridized carbons (Fsp3) is 0.613. The van der Waals surface area contributed by atoms with Crippen molar-refractivity contribution >= 4 is 34.7 Å². The van der Waals surface area contributed by atoms with Gasteiger partial charge in [-0.1, -0.05) is 0 Å². The highest BCUT2D eigenvalue weighted by Gasteiger charge is 2.32. The fourth-order valence-corrected chi connectivity index (χ4v) is 6.35. The summed E-state index contributed by atoms with van der Waals surface area (Å²) in [5, 5.41) is 25.5. The van der Waals surface area contributed by atoms with E-state index >= 15 is 0 Å². The van der Waals surface area contributed by atoms with E-state index in [0.717, 1.165) is 31.7 Å². The molecule has 0 aliphatic heterocycles. The third-order valence-electron chi connectivity index (χ3n) is 8.98. The number of nitrogens with zero attached hydrogens (tertiary/aromatic N) is 6. The molecule has 2 aliphatic rings. The number of aromatic nitrogens is 4. The Bertz CT molecular complexity index is 1410. The molecule has 2 fully saturated rings. The van der Waals surface area contributed by atoms with E-state index in [0.29, 0.717) is 74.9 Å². The van der Waals surface area contributed by atoms with Crippen molar-refractivity contribution in [1.82, 2.24) is 29.3 Å². The van der Waals surface area contributed by atoms with Crippen LogP contribution in [0.15, 0.2) is 24.4 Å². The molecule has 3 aromatic rings.